The zero-order valence-electron chi connectivity index (χ0n) is 11.5. The highest BCUT2D eigenvalue weighted by molar-refractivity contribution is 5.86. The maximum atomic E-state index is 10.9. The summed E-state index contributed by atoms with van der Waals surface area (Å²) in [5.41, 5.74) is 7.16. The molecule has 0 amide bonds. The molecule has 1 aromatic rings. The van der Waals surface area contributed by atoms with Crippen molar-refractivity contribution in [2.24, 2.45) is 11.6 Å². The predicted molar refractivity (Wildman–Crippen MR) is 76.1 cm³/mol. The van der Waals surface area contributed by atoms with Gasteiger partial charge in [0.05, 0.1) is 6.10 Å². The van der Waals surface area contributed by atoms with E-state index in [9.17, 15) is 4.79 Å². The van der Waals surface area contributed by atoms with Crippen LogP contribution in [-0.4, -0.2) is 17.2 Å². The Labute approximate surface area is 122 Å². The molecule has 0 aromatic heterocycles. The summed E-state index contributed by atoms with van der Waals surface area (Å²) < 4.78 is 11.1. The van der Waals surface area contributed by atoms with E-state index >= 15 is 0 Å². The summed E-state index contributed by atoms with van der Waals surface area (Å²) in [5, 5.41) is 8.88. The highest BCUT2D eigenvalue weighted by Gasteiger charge is 2.17. The van der Waals surface area contributed by atoms with E-state index in [-0.39, 0.29) is 12.0 Å². The summed E-state index contributed by atoms with van der Waals surface area (Å²) in [4.78, 5) is 10.9. The van der Waals surface area contributed by atoms with Crippen LogP contribution in [-0.2, 0) is 4.79 Å². The van der Waals surface area contributed by atoms with Crippen molar-refractivity contribution in [3.8, 4) is 11.5 Å². The number of hydrazine groups is 1. The van der Waals surface area contributed by atoms with Crippen molar-refractivity contribution < 1.29 is 19.4 Å². The van der Waals surface area contributed by atoms with E-state index in [4.69, 9.17) is 26.2 Å². The molecule has 0 unspecified atom stereocenters. The maximum Gasteiger partial charge on any atom is 0.358 e. The first-order valence-corrected chi connectivity index (χ1v) is 6.74. The van der Waals surface area contributed by atoms with E-state index in [0.29, 0.717) is 11.5 Å². The van der Waals surface area contributed by atoms with Crippen molar-refractivity contribution in [3.63, 3.8) is 0 Å². The summed E-state index contributed by atoms with van der Waals surface area (Å²) in [7, 11) is 0. The van der Waals surface area contributed by atoms with Gasteiger partial charge in [-0.2, -0.15) is 0 Å². The minimum Gasteiger partial charge on any atom is -0.490 e. The molecule has 0 bridgehead atoms. The Morgan fingerprint density at radius 1 is 1.29 bits per heavy atom. The molecule has 7 nitrogen and oxygen atoms in total. The van der Waals surface area contributed by atoms with E-state index < -0.39 is 11.7 Å². The van der Waals surface area contributed by atoms with Gasteiger partial charge in [-0.3, -0.25) is 5.84 Å². The molecule has 1 aliphatic rings. The summed E-state index contributed by atoms with van der Waals surface area (Å²) in [5.74, 6) is 4.54. The highest BCUT2D eigenvalue weighted by atomic mass is 16.5. The average molecular weight is 293 g/mol. The lowest BCUT2D eigenvalue weighted by Gasteiger charge is -2.14. The molecule has 114 valence electrons. The van der Waals surface area contributed by atoms with Crippen LogP contribution in [0.5, 0.6) is 11.5 Å². The van der Waals surface area contributed by atoms with Gasteiger partial charge in [-0.15, -0.1) is 0 Å². The van der Waals surface area contributed by atoms with Crippen LogP contribution in [0.4, 0.5) is 0 Å². The molecular formula is C14H19N3O4. The van der Waals surface area contributed by atoms with Crippen LogP contribution in [0.25, 0.3) is 0 Å². The third-order valence-electron chi connectivity index (χ3n) is 3.24. The number of carboxylic acid groups (broad SMARTS) is 1. The lowest BCUT2D eigenvalue weighted by molar-refractivity contribution is -0.133. The normalized spacial score (nSPS) is 16.2. The van der Waals surface area contributed by atoms with Crippen molar-refractivity contribution in [1.82, 2.24) is 5.43 Å². The molecule has 2 rings (SSSR count). The summed E-state index contributed by atoms with van der Waals surface area (Å²) >= 11 is 0. The highest BCUT2D eigenvalue weighted by Crippen LogP contribution is 2.27. The molecule has 0 radical (unpaired) electrons. The Kier molecular flexibility index (Phi) is 4.89. The van der Waals surface area contributed by atoms with Crippen LogP contribution in [0.2, 0.25) is 0 Å². The molecule has 21 heavy (non-hydrogen) atoms. The van der Waals surface area contributed by atoms with Crippen molar-refractivity contribution in [2.45, 2.75) is 31.8 Å². The van der Waals surface area contributed by atoms with Crippen LogP contribution in [0, 0.1) is 0 Å². The monoisotopic (exact) mass is 293 g/mol. The molecule has 6 N–H and O–H groups in total. The number of carbonyl (C=O) groups is 1. The average Bonchev–Trinajstić information content (AvgIpc) is 2.92. The summed E-state index contributed by atoms with van der Waals surface area (Å²) in [6.45, 7) is 0. The lowest BCUT2D eigenvalue weighted by atomic mass is 10.3. The Morgan fingerprint density at radius 2 is 1.95 bits per heavy atom. The third kappa shape index (κ3) is 4.03. The van der Waals surface area contributed by atoms with Crippen LogP contribution < -0.4 is 26.5 Å². The molecular weight excluding hydrogens is 274 g/mol. The van der Waals surface area contributed by atoms with Gasteiger partial charge in [0.25, 0.3) is 0 Å². The number of carboxylic acids is 1. The SMILES string of the molecule is NN/C(C(=O)O)=C(\N)Oc1cccc(OC2CCCC2)c1. The topological polar surface area (TPSA) is 120 Å². The number of hydrogen-bond donors (Lipinski definition) is 4. The Bertz CT molecular complexity index is 539. The summed E-state index contributed by atoms with van der Waals surface area (Å²) in [6, 6.07) is 6.90. The van der Waals surface area contributed by atoms with Gasteiger partial charge < -0.3 is 25.7 Å². The number of aliphatic carboxylic acids is 1. The largest absolute Gasteiger partial charge is 0.490 e. The van der Waals surface area contributed by atoms with E-state index in [0.717, 1.165) is 12.8 Å². The third-order valence-corrected chi connectivity index (χ3v) is 3.24. The lowest BCUT2D eigenvalue weighted by Crippen LogP contribution is -2.31. The molecule has 0 atom stereocenters. The zero-order valence-corrected chi connectivity index (χ0v) is 11.5. The van der Waals surface area contributed by atoms with Crippen LogP contribution in [0.15, 0.2) is 35.8 Å². The van der Waals surface area contributed by atoms with Crippen molar-refractivity contribution in [1.29, 1.82) is 0 Å². The van der Waals surface area contributed by atoms with E-state index in [1.807, 2.05) is 11.5 Å². The van der Waals surface area contributed by atoms with Gasteiger partial charge in [0.15, 0.2) is 5.70 Å². The minimum atomic E-state index is -1.30. The number of benzene rings is 1. The number of ether oxygens (including phenoxy) is 2. The smallest absolute Gasteiger partial charge is 0.358 e. The van der Waals surface area contributed by atoms with Crippen molar-refractivity contribution in [3.05, 3.63) is 35.8 Å². The van der Waals surface area contributed by atoms with Gasteiger partial charge in [-0.05, 0) is 37.8 Å². The molecule has 1 aromatic carbocycles. The van der Waals surface area contributed by atoms with Crippen LogP contribution in [0.3, 0.4) is 0 Å². The van der Waals surface area contributed by atoms with Crippen LogP contribution in [0.1, 0.15) is 25.7 Å². The van der Waals surface area contributed by atoms with Crippen molar-refractivity contribution in [2.75, 3.05) is 0 Å². The fourth-order valence-corrected chi connectivity index (χ4v) is 2.23. The minimum absolute atomic E-state index is 0.230. The predicted octanol–water partition coefficient (Wildman–Crippen LogP) is 1.06. The molecule has 1 aliphatic carbocycles. The van der Waals surface area contributed by atoms with Gasteiger partial charge in [0.1, 0.15) is 11.5 Å². The van der Waals surface area contributed by atoms with Crippen molar-refractivity contribution >= 4 is 5.97 Å². The second kappa shape index (κ2) is 6.85. The molecule has 7 heteroatoms. The van der Waals surface area contributed by atoms with Gasteiger partial charge in [0, 0.05) is 6.07 Å². The molecule has 1 saturated carbocycles. The number of nitrogens with two attached hydrogens (primary N) is 2. The van der Waals surface area contributed by atoms with E-state index in [2.05, 4.69) is 0 Å². The van der Waals surface area contributed by atoms with Gasteiger partial charge in [0.2, 0.25) is 5.88 Å². The molecule has 0 heterocycles. The Hall–Kier alpha value is -2.41. The van der Waals surface area contributed by atoms with E-state index in [1.165, 1.54) is 12.8 Å². The van der Waals surface area contributed by atoms with Crippen LogP contribution >= 0.6 is 0 Å². The van der Waals surface area contributed by atoms with E-state index in [1.54, 1.807) is 18.2 Å². The first-order valence-electron chi connectivity index (χ1n) is 6.74. The fraction of sp³-hybridized carbons (Fsp3) is 0.357. The number of nitrogens with one attached hydrogen (secondary N) is 1. The Morgan fingerprint density at radius 3 is 2.57 bits per heavy atom. The standard InChI is InChI=1S/C14H19N3O4/c15-13(12(17-16)14(18)19)21-11-7-3-6-10(8-11)20-9-4-1-2-5-9/h3,6-9,17H,1-2,4-5,15-16H2,(H,18,19)/b13-12+. The number of rotatable bonds is 6. The molecule has 0 saturated heterocycles. The molecule has 1 fully saturated rings. The molecule has 0 aliphatic heterocycles. The van der Waals surface area contributed by atoms with Gasteiger partial charge >= 0.3 is 5.97 Å². The quantitative estimate of drug-likeness (QED) is 0.268. The Balaban J connectivity index is 2.08. The first kappa shape index (κ1) is 15.0. The fourth-order valence-electron chi connectivity index (χ4n) is 2.23. The van der Waals surface area contributed by atoms with Gasteiger partial charge in [-0.1, -0.05) is 6.07 Å². The number of hydrogen-bond acceptors (Lipinski definition) is 6. The molecule has 0 spiro atoms. The zero-order chi connectivity index (χ0) is 15.2. The first-order chi connectivity index (χ1) is 10.1. The second-order valence-electron chi connectivity index (χ2n) is 4.79. The maximum absolute atomic E-state index is 10.9. The van der Waals surface area contributed by atoms with Gasteiger partial charge in [-0.25, -0.2) is 4.79 Å². The second-order valence-corrected chi connectivity index (χ2v) is 4.79. The summed E-state index contributed by atoms with van der Waals surface area (Å²) in [6.07, 6.45) is 4.69.